The molecule has 0 saturated carbocycles. The Labute approximate surface area is 248 Å². The molecular formula is C35H19N5S2. The molecule has 7 heteroatoms. The van der Waals surface area contributed by atoms with Crippen LogP contribution in [0.2, 0.25) is 0 Å². The molecule has 9 rings (SSSR count). The smallest absolute Gasteiger partial charge is 0.160 e. The van der Waals surface area contributed by atoms with Gasteiger partial charge in [0.2, 0.25) is 0 Å². The lowest BCUT2D eigenvalue weighted by Gasteiger charge is -2.13. The zero-order chi connectivity index (χ0) is 27.6. The molecule has 0 N–H and O–H groups in total. The van der Waals surface area contributed by atoms with Gasteiger partial charge in [-0.15, -0.1) is 11.3 Å². The van der Waals surface area contributed by atoms with Gasteiger partial charge < -0.3 is 0 Å². The van der Waals surface area contributed by atoms with Crippen molar-refractivity contribution in [3.05, 3.63) is 115 Å². The summed E-state index contributed by atoms with van der Waals surface area (Å²) in [5, 5.41) is 4.29. The molecular weight excluding hydrogens is 555 g/mol. The van der Waals surface area contributed by atoms with Crippen LogP contribution in [-0.4, -0.2) is 23.7 Å². The molecule has 0 radical (unpaired) electrons. The summed E-state index contributed by atoms with van der Waals surface area (Å²) >= 11 is 2.96. The van der Waals surface area contributed by atoms with Gasteiger partial charge in [-0.2, -0.15) is 8.75 Å². The van der Waals surface area contributed by atoms with E-state index in [1.807, 2.05) is 30.3 Å². The highest BCUT2D eigenvalue weighted by Crippen LogP contribution is 2.44. The van der Waals surface area contributed by atoms with Gasteiger partial charge in [0, 0.05) is 42.9 Å². The third-order valence-corrected chi connectivity index (χ3v) is 9.45. The van der Waals surface area contributed by atoms with Gasteiger partial charge in [0.15, 0.2) is 5.82 Å². The number of hydrogen-bond donors (Lipinski definition) is 0. The molecule has 0 spiro atoms. The molecule has 0 aliphatic heterocycles. The Hall–Kier alpha value is -5.11. The average Bonchev–Trinajstić information content (AvgIpc) is 3.70. The molecule has 42 heavy (non-hydrogen) atoms. The molecule has 9 aromatic rings. The molecule has 0 saturated heterocycles. The van der Waals surface area contributed by atoms with Crippen LogP contribution >= 0.6 is 23.1 Å². The highest BCUT2D eigenvalue weighted by atomic mass is 32.1. The monoisotopic (exact) mass is 573 g/mol. The van der Waals surface area contributed by atoms with E-state index in [1.54, 1.807) is 11.3 Å². The van der Waals surface area contributed by atoms with Crippen molar-refractivity contribution in [1.82, 2.24) is 23.7 Å². The Morgan fingerprint density at radius 2 is 1.19 bits per heavy atom. The Morgan fingerprint density at radius 3 is 2.02 bits per heavy atom. The molecule has 5 nitrogen and oxygen atoms in total. The van der Waals surface area contributed by atoms with Gasteiger partial charge >= 0.3 is 0 Å². The number of fused-ring (bicyclic) bond motifs is 8. The molecule has 0 aliphatic carbocycles. The first-order valence-electron chi connectivity index (χ1n) is 13.6. The van der Waals surface area contributed by atoms with Crippen molar-refractivity contribution in [3.63, 3.8) is 0 Å². The standard InChI is InChI=1S/C35H19N5S2/c1-3-11-20(12-4-1)29-24-19-25(30-33(40-42-39-30)28(24)22-15-7-9-17-26(22)36-29)32-34-31(23-16-8-10-18-27(23)41-34)37-35(38-32)21-13-5-2-6-14-21/h1-19H. The van der Waals surface area contributed by atoms with E-state index in [-0.39, 0.29) is 0 Å². The second-order valence-electron chi connectivity index (χ2n) is 10.2. The maximum absolute atomic E-state index is 5.25. The van der Waals surface area contributed by atoms with Crippen molar-refractivity contribution in [2.45, 2.75) is 0 Å². The predicted octanol–water partition coefficient (Wildman–Crippen LogP) is 9.55. The molecule has 0 unspecified atom stereocenters. The average molecular weight is 574 g/mol. The predicted molar refractivity (Wildman–Crippen MR) is 175 cm³/mol. The molecule has 4 aromatic heterocycles. The van der Waals surface area contributed by atoms with E-state index < -0.39 is 0 Å². The van der Waals surface area contributed by atoms with E-state index in [4.69, 9.17) is 23.7 Å². The van der Waals surface area contributed by atoms with Crippen LogP contribution in [0.15, 0.2) is 115 Å². The van der Waals surface area contributed by atoms with Crippen LogP contribution in [0.25, 0.3) is 86.9 Å². The third kappa shape index (κ3) is 3.51. The van der Waals surface area contributed by atoms with E-state index in [2.05, 4.69) is 84.9 Å². The van der Waals surface area contributed by atoms with E-state index in [0.29, 0.717) is 5.82 Å². The van der Waals surface area contributed by atoms with Crippen LogP contribution in [0.5, 0.6) is 0 Å². The fraction of sp³-hybridized carbons (Fsp3) is 0. The lowest BCUT2D eigenvalue weighted by atomic mass is 9.95. The van der Waals surface area contributed by atoms with Crippen LogP contribution < -0.4 is 0 Å². The maximum Gasteiger partial charge on any atom is 0.160 e. The van der Waals surface area contributed by atoms with Crippen molar-refractivity contribution < 1.29 is 0 Å². The summed E-state index contributed by atoms with van der Waals surface area (Å²) in [6, 6.07) is 39.5. The van der Waals surface area contributed by atoms with Crippen molar-refractivity contribution >= 4 is 76.1 Å². The molecule has 4 heterocycles. The van der Waals surface area contributed by atoms with E-state index in [0.717, 1.165) is 76.4 Å². The molecule has 0 fully saturated rings. The summed E-state index contributed by atoms with van der Waals surface area (Å²) in [6.45, 7) is 0. The topological polar surface area (TPSA) is 64.5 Å². The molecule has 0 atom stereocenters. The quantitative estimate of drug-likeness (QED) is 0.197. The number of para-hydroxylation sites is 1. The lowest BCUT2D eigenvalue weighted by Crippen LogP contribution is -1.96. The fourth-order valence-corrected chi connectivity index (χ4v) is 7.56. The van der Waals surface area contributed by atoms with Crippen LogP contribution in [0.3, 0.4) is 0 Å². The minimum absolute atomic E-state index is 0.693. The molecule has 5 aromatic carbocycles. The highest BCUT2D eigenvalue weighted by molar-refractivity contribution is 7.26. The number of rotatable bonds is 3. The molecule has 0 amide bonds. The molecule has 0 bridgehead atoms. The number of benzene rings is 5. The van der Waals surface area contributed by atoms with Crippen LogP contribution in [-0.2, 0) is 0 Å². The van der Waals surface area contributed by atoms with Gasteiger partial charge in [-0.25, -0.2) is 15.0 Å². The van der Waals surface area contributed by atoms with Gasteiger partial charge in [0.25, 0.3) is 0 Å². The number of nitrogens with zero attached hydrogens (tertiary/aromatic N) is 5. The van der Waals surface area contributed by atoms with Gasteiger partial charge in [-0.1, -0.05) is 97.1 Å². The van der Waals surface area contributed by atoms with Crippen molar-refractivity contribution in [1.29, 1.82) is 0 Å². The lowest BCUT2D eigenvalue weighted by molar-refractivity contribution is 1.24. The summed E-state index contributed by atoms with van der Waals surface area (Å²) in [5.74, 6) is 0.693. The van der Waals surface area contributed by atoms with E-state index in [9.17, 15) is 0 Å². The number of aromatic nitrogens is 5. The summed E-state index contributed by atoms with van der Waals surface area (Å²) in [5.41, 5.74) is 8.37. The number of pyridine rings is 1. The second kappa shape index (κ2) is 9.21. The minimum Gasteiger partial charge on any atom is -0.247 e. The van der Waals surface area contributed by atoms with E-state index in [1.165, 1.54) is 16.4 Å². The second-order valence-corrected chi connectivity index (χ2v) is 11.8. The summed E-state index contributed by atoms with van der Waals surface area (Å²) in [6.07, 6.45) is 0. The highest BCUT2D eigenvalue weighted by Gasteiger charge is 2.23. The van der Waals surface area contributed by atoms with Gasteiger partial charge in [-0.3, -0.25) is 0 Å². The Balaban J connectivity index is 1.46. The van der Waals surface area contributed by atoms with Crippen LogP contribution in [0, 0.1) is 0 Å². The molecule has 0 aliphatic rings. The largest absolute Gasteiger partial charge is 0.247 e. The van der Waals surface area contributed by atoms with Gasteiger partial charge in [0.1, 0.15) is 11.0 Å². The van der Waals surface area contributed by atoms with Crippen molar-refractivity contribution in [2.24, 2.45) is 0 Å². The minimum atomic E-state index is 0.693. The van der Waals surface area contributed by atoms with Gasteiger partial charge in [0.05, 0.1) is 38.8 Å². The van der Waals surface area contributed by atoms with Crippen molar-refractivity contribution in [3.8, 4) is 33.9 Å². The summed E-state index contributed by atoms with van der Waals surface area (Å²) in [4.78, 5) is 15.5. The summed E-state index contributed by atoms with van der Waals surface area (Å²) in [7, 11) is 0. The fourth-order valence-electron chi connectivity index (χ4n) is 5.85. The molecule has 196 valence electrons. The first-order valence-corrected chi connectivity index (χ1v) is 15.2. The SMILES string of the molecule is c1ccc(-c2nc(-c3cc4c(-c5ccccc5)nc5ccccc5c4c4nsnc34)c3sc4ccccc4c3n2)cc1. The van der Waals surface area contributed by atoms with Crippen LogP contribution in [0.4, 0.5) is 0 Å². The van der Waals surface area contributed by atoms with Gasteiger partial charge in [-0.05, 0) is 18.2 Å². The first kappa shape index (κ1) is 23.6. The van der Waals surface area contributed by atoms with E-state index >= 15 is 0 Å². The first-order chi connectivity index (χ1) is 20.8. The summed E-state index contributed by atoms with van der Waals surface area (Å²) < 4.78 is 12.0. The number of thiophene rings is 1. The Kier molecular flexibility index (Phi) is 5.17. The normalized spacial score (nSPS) is 11.8. The number of hydrogen-bond acceptors (Lipinski definition) is 7. The third-order valence-electron chi connectivity index (χ3n) is 7.75. The Bertz CT molecular complexity index is 2470. The Morgan fingerprint density at radius 1 is 0.500 bits per heavy atom. The zero-order valence-corrected chi connectivity index (χ0v) is 23.7. The maximum atomic E-state index is 5.25. The zero-order valence-electron chi connectivity index (χ0n) is 22.0. The van der Waals surface area contributed by atoms with Crippen molar-refractivity contribution in [2.75, 3.05) is 0 Å². The van der Waals surface area contributed by atoms with Crippen LogP contribution in [0.1, 0.15) is 0 Å².